The molecule has 3 rings (SSSR count). The third kappa shape index (κ3) is 3.43. The van der Waals surface area contributed by atoms with Gasteiger partial charge in [0.25, 0.3) is 5.91 Å². The molecule has 0 spiro atoms. The predicted octanol–water partition coefficient (Wildman–Crippen LogP) is 2.70. The Morgan fingerprint density at radius 1 is 1.08 bits per heavy atom. The van der Waals surface area contributed by atoms with Crippen LogP contribution in [0.5, 0.6) is 0 Å². The second-order valence-electron chi connectivity index (χ2n) is 5.51. The maximum absolute atomic E-state index is 12.4. The fourth-order valence-electron chi connectivity index (χ4n) is 2.58. The van der Waals surface area contributed by atoms with Crippen molar-refractivity contribution >= 4 is 11.9 Å². The van der Waals surface area contributed by atoms with Crippen molar-refractivity contribution in [3.05, 3.63) is 77.4 Å². The van der Waals surface area contributed by atoms with Crippen LogP contribution >= 0.6 is 0 Å². The van der Waals surface area contributed by atoms with Gasteiger partial charge >= 0.3 is 0 Å². The lowest BCUT2D eigenvalue weighted by atomic mass is 10.2. The van der Waals surface area contributed by atoms with Gasteiger partial charge < -0.3 is 4.57 Å². The number of aromatic nitrogens is 3. The molecule has 0 saturated heterocycles. The van der Waals surface area contributed by atoms with Gasteiger partial charge in [0, 0.05) is 30.3 Å². The Morgan fingerprint density at radius 3 is 2.50 bits per heavy atom. The number of hydrazine groups is 1. The maximum Gasteiger partial charge on any atom is 0.271 e. The lowest BCUT2D eigenvalue weighted by molar-refractivity contribution is 0.0961. The number of anilines is 1. The highest BCUT2D eigenvalue weighted by Gasteiger charge is 2.15. The van der Waals surface area contributed by atoms with Crippen LogP contribution in [0.1, 0.15) is 27.3 Å². The second kappa shape index (κ2) is 6.95. The van der Waals surface area contributed by atoms with Gasteiger partial charge in [-0.25, -0.2) is 9.97 Å². The maximum atomic E-state index is 12.4. The van der Waals surface area contributed by atoms with Crippen LogP contribution in [0.4, 0.5) is 5.95 Å². The molecule has 0 fully saturated rings. The fraction of sp³-hybridized carbons (Fsp3) is 0.167. The number of carbonyl (C=O) groups excluding carboxylic acids is 1. The number of aryl methyl sites for hydroxylation is 1. The highest BCUT2D eigenvalue weighted by atomic mass is 16.2. The minimum absolute atomic E-state index is 0.213. The molecule has 0 radical (unpaired) electrons. The van der Waals surface area contributed by atoms with E-state index in [2.05, 4.69) is 37.5 Å². The first kappa shape index (κ1) is 15.7. The minimum atomic E-state index is -0.213. The number of nitrogens with one attached hydrogen (secondary N) is 2. The van der Waals surface area contributed by atoms with E-state index in [1.165, 1.54) is 5.56 Å². The number of rotatable bonds is 5. The Labute approximate surface area is 140 Å². The summed E-state index contributed by atoms with van der Waals surface area (Å²) in [5.41, 5.74) is 9.14. The molecule has 0 unspecified atom stereocenters. The first-order valence-electron chi connectivity index (χ1n) is 7.69. The molecule has 1 aromatic carbocycles. The van der Waals surface area contributed by atoms with E-state index in [0.717, 1.165) is 17.9 Å². The smallest absolute Gasteiger partial charge is 0.271 e. The molecule has 24 heavy (non-hydrogen) atoms. The summed E-state index contributed by atoms with van der Waals surface area (Å²) in [7, 11) is 0. The Morgan fingerprint density at radius 2 is 1.79 bits per heavy atom. The first-order valence-corrected chi connectivity index (χ1v) is 7.69. The van der Waals surface area contributed by atoms with Crippen LogP contribution < -0.4 is 10.9 Å². The molecule has 0 saturated carbocycles. The Balaban J connectivity index is 1.74. The lowest BCUT2D eigenvalue weighted by Crippen LogP contribution is -2.30. The van der Waals surface area contributed by atoms with Gasteiger partial charge in [-0.05, 0) is 31.5 Å². The predicted molar refractivity (Wildman–Crippen MR) is 92.6 cm³/mol. The van der Waals surface area contributed by atoms with Gasteiger partial charge in [0.2, 0.25) is 5.95 Å². The van der Waals surface area contributed by atoms with Gasteiger partial charge in [-0.1, -0.05) is 30.3 Å². The van der Waals surface area contributed by atoms with Crippen molar-refractivity contribution in [3.8, 4) is 0 Å². The zero-order chi connectivity index (χ0) is 16.9. The first-order chi connectivity index (χ1) is 11.6. The molecule has 3 aromatic rings. The SMILES string of the molecule is Cc1cc(C(=O)NNc2ncccn2)c(C)n1Cc1ccccc1. The van der Waals surface area contributed by atoms with Crippen molar-refractivity contribution in [1.82, 2.24) is 20.0 Å². The third-order valence-electron chi connectivity index (χ3n) is 3.86. The summed E-state index contributed by atoms with van der Waals surface area (Å²) in [6.45, 7) is 4.69. The van der Waals surface area contributed by atoms with Crippen molar-refractivity contribution in [2.24, 2.45) is 0 Å². The fourth-order valence-corrected chi connectivity index (χ4v) is 2.58. The van der Waals surface area contributed by atoms with Gasteiger partial charge in [-0.15, -0.1) is 0 Å². The summed E-state index contributed by atoms with van der Waals surface area (Å²) in [5, 5.41) is 0. The monoisotopic (exact) mass is 321 g/mol. The average Bonchev–Trinajstić information content (AvgIpc) is 2.90. The van der Waals surface area contributed by atoms with E-state index in [4.69, 9.17) is 0 Å². The largest absolute Gasteiger partial charge is 0.344 e. The van der Waals surface area contributed by atoms with Crippen molar-refractivity contribution in [1.29, 1.82) is 0 Å². The van der Waals surface area contributed by atoms with Crippen LogP contribution in [-0.2, 0) is 6.54 Å². The van der Waals surface area contributed by atoms with E-state index in [1.807, 2.05) is 38.1 Å². The number of hydrogen-bond donors (Lipinski definition) is 2. The summed E-state index contributed by atoms with van der Waals surface area (Å²) < 4.78 is 2.13. The molecule has 2 aromatic heterocycles. The molecule has 6 heteroatoms. The van der Waals surface area contributed by atoms with Crippen LogP contribution in [0.3, 0.4) is 0 Å². The molecule has 0 atom stereocenters. The Bertz CT molecular complexity index is 827. The lowest BCUT2D eigenvalue weighted by Gasteiger charge is -2.10. The quantitative estimate of drug-likeness (QED) is 0.709. The molecule has 0 aliphatic rings. The molecule has 0 aliphatic carbocycles. The van der Waals surface area contributed by atoms with Crippen molar-refractivity contribution in [3.63, 3.8) is 0 Å². The highest BCUT2D eigenvalue weighted by molar-refractivity contribution is 5.96. The summed E-state index contributed by atoms with van der Waals surface area (Å²) in [6.07, 6.45) is 3.21. The molecule has 0 aliphatic heterocycles. The van der Waals surface area contributed by atoms with Gasteiger partial charge in [-0.3, -0.25) is 15.6 Å². The van der Waals surface area contributed by atoms with Gasteiger partial charge in [0.15, 0.2) is 0 Å². The van der Waals surface area contributed by atoms with Gasteiger partial charge in [0.1, 0.15) is 0 Å². The molecule has 0 bridgehead atoms. The zero-order valence-electron chi connectivity index (χ0n) is 13.7. The van der Waals surface area contributed by atoms with Crippen molar-refractivity contribution in [2.75, 3.05) is 5.43 Å². The standard InChI is InChI=1S/C18H19N5O/c1-13-11-16(17(24)21-22-18-19-9-6-10-20-18)14(2)23(13)12-15-7-4-3-5-8-15/h3-11H,12H2,1-2H3,(H,21,24)(H,19,20,22). The molecule has 1 amide bonds. The van der Waals surface area contributed by atoms with E-state index in [1.54, 1.807) is 18.5 Å². The van der Waals surface area contributed by atoms with Crippen LogP contribution in [0.25, 0.3) is 0 Å². The van der Waals surface area contributed by atoms with Crippen LogP contribution in [0.15, 0.2) is 54.9 Å². The van der Waals surface area contributed by atoms with E-state index in [-0.39, 0.29) is 5.91 Å². The number of benzene rings is 1. The van der Waals surface area contributed by atoms with Crippen LogP contribution in [0, 0.1) is 13.8 Å². The van der Waals surface area contributed by atoms with E-state index in [9.17, 15) is 4.79 Å². The summed E-state index contributed by atoms with van der Waals surface area (Å²) in [6, 6.07) is 13.8. The molecule has 2 N–H and O–H groups in total. The van der Waals surface area contributed by atoms with Crippen LogP contribution in [-0.4, -0.2) is 20.4 Å². The minimum Gasteiger partial charge on any atom is -0.344 e. The summed E-state index contributed by atoms with van der Waals surface area (Å²) in [5.74, 6) is 0.138. The molecule has 6 nitrogen and oxygen atoms in total. The van der Waals surface area contributed by atoms with Crippen LogP contribution in [0.2, 0.25) is 0 Å². The topological polar surface area (TPSA) is 71.8 Å². The van der Waals surface area contributed by atoms with E-state index in [0.29, 0.717) is 11.5 Å². The molecular formula is C18H19N5O. The van der Waals surface area contributed by atoms with Gasteiger partial charge in [0.05, 0.1) is 5.56 Å². The molecular weight excluding hydrogens is 302 g/mol. The van der Waals surface area contributed by atoms with Crippen molar-refractivity contribution in [2.45, 2.75) is 20.4 Å². The van der Waals surface area contributed by atoms with Crippen molar-refractivity contribution < 1.29 is 4.79 Å². The van der Waals surface area contributed by atoms with E-state index < -0.39 is 0 Å². The zero-order valence-corrected chi connectivity index (χ0v) is 13.7. The number of carbonyl (C=O) groups is 1. The van der Waals surface area contributed by atoms with Gasteiger partial charge in [-0.2, -0.15) is 0 Å². The molecule has 2 heterocycles. The van der Waals surface area contributed by atoms with E-state index >= 15 is 0 Å². The Kier molecular flexibility index (Phi) is 4.56. The summed E-state index contributed by atoms with van der Waals surface area (Å²) >= 11 is 0. The summed E-state index contributed by atoms with van der Waals surface area (Å²) in [4.78, 5) is 20.4. The highest BCUT2D eigenvalue weighted by Crippen LogP contribution is 2.17. The Hall–Kier alpha value is -3.15. The normalized spacial score (nSPS) is 10.4. The number of nitrogens with zero attached hydrogens (tertiary/aromatic N) is 3. The molecule has 122 valence electrons. The average molecular weight is 321 g/mol. The number of hydrogen-bond acceptors (Lipinski definition) is 4. The number of amides is 1. The third-order valence-corrected chi connectivity index (χ3v) is 3.86. The second-order valence-corrected chi connectivity index (χ2v) is 5.51.